The summed E-state index contributed by atoms with van der Waals surface area (Å²) in [5.41, 5.74) is 0.327. The number of methoxy groups -OCH3 is 1. The van der Waals surface area contributed by atoms with E-state index in [0.29, 0.717) is 36.2 Å². The lowest BCUT2D eigenvalue weighted by Crippen LogP contribution is -2.24. The first kappa shape index (κ1) is 16.0. The van der Waals surface area contributed by atoms with Gasteiger partial charge in [0, 0.05) is 26.3 Å². The normalized spacial score (nSPS) is 10.5. The molecule has 2 rings (SSSR count). The van der Waals surface area contributed by atoms with E-state index in [4.69, 9.17) is 9.15 Å². The van der Waals surface area contributed by atoms with Gasteiger partial charge in [0.05, 0.1) is 12.8 Å². The number of aryl methyl sites for hydroxylation is 1. The lowest BCUT2D eigenvalue weighted by molar-refractivity contribution is 0.0942. The minimum absolute atomic E-state index is 0.262. The standard InChI is InChI=1S/C15H20N4O3/c1-11-18-13(9-14(19-11)16-6-4-7-21-2)15(20)17-10-12-5-3-8-22-12/h3,5,8-9H,4,6-7,10H2,1-2H3,(H,17,20)(H,16,18,19). The van der Waals surface area contributed by atoms with Gasteiger partial charge in [-0.3, -0.25) is 4.79 Å². The van der Waals surface area contributed by atoms with E-state index in [1.54, 1.807) is 38.5 Å². The molecule has 7 nitrogen and oxygen atoms in total. The highest BCUT2D eigenvalue weighted by molar-refractivity contribution is 5.92. The molecule has 0 aliphatic carbocycles. The van der Waals surface area contributed by atoms with Crippen molar-refractivity contribution in [3.8, 4) is 0 Å². The Morgan fingerprint density at radius 1 is 1.41 bits per heavy atom. The number of hydrogen-bond donors (Lipinski definition) is 2. The zero-order valence-electron chi connectivity index (χ0n) is 12.8. The third-order valence-electron chi connectivity index (χ3n) is 2.91. The van der Waals surface area contributed by atoms with Crippen LogP contribution in [0.1, 0.15) is 28.5 Å². The molecule has 0 bridgehead atoms. The van der Waals surface area contributed by atoms with Crippen LogP contribution in [0.15, 0.2) is 28.9 Å². The number of hydrogen-bond acceptors (Lipinski definition) is 6. The van der Waals surface area contributed by atoms with Gasteiger partial charge in [-0.05, 0) is 25.5 Å². The number of ether oxygens (including phenoxy) is 1. The summed E-state index contributed by atoms with van der Waals surface area (Å²) in [6, 6.07) is 5.21. The highest BCUT2D eigenvalue weighted by Crippen LogP contribution is 2.07. The first-order valence-electron chi connectivity index (χ1n) is 7.08. The van der Waals surface area contributed by atoms with E-state index in [9.17, 15) is 4.79 Å². The van der Waals surface area contributed by atoms with Crippen LogP contribution in [-0.4, -0.2) is 36.1 Å². The maximum absolute atomic E-state index is 12.1. The number of carbonyl (C=O) groups excluding carboxylic acids is 1. The van der Waals surface area contributed by atoms with Crippen LogP contribution in [-0.2, 0) is 11.3 Å². The van der Waals surface area contributed by atoms with Gasteiger partial charge in [-0.15, -0.1) is 0 Å². The van der Waals surface area contributed by atoms with Gasteiger partial charge in [0.1, 0.15) is 23.1 Å². The maximum Gasteiger partial charge on any atom is 0.270 e. The van der Waals surface area contributed by atoms with Gasteiger partial charge in [-0.25, -0.2) is 9.97 Å². The van der Waals surface area contributed by atoms with Crippen molar-refractivity contribution in [3.63, 3.8) is 0 Å². The van der Waals surface area contributed by atoms with Gasteiger partial charge in [0.2, 0.25) is 0 Å². The number of nitrogens with zero attached hydrogens (tertiary/aromatic N) is 2. The summed E-state index contributed by atoms with van der Waals surface area (Å²) in [5, 5.41) is 5.92. The highest BCUT2D eigenvalue weighted by Gasteiger charge is 2.10. The van der Waals surface area contributed by atoms with Gasteiger partial charge in [0.25, 0.3) is 5.91 Å². The molecule has 2 heterocycles. The molecule has 1 amide bonds. The van der Waals surface area contributed by atoms with Crippen molar-refractivity contribution in [2.24, 2.45) is 0 Å². The molecule has 118 valence electrons. The summed E-state index contributed by atoms with van der Waals surface area (Å²) in [7, 11) is 1.66. The van der Waals surface area contributed by atoms with Crippen LogP contribution in [0.25, 0.3) is 0 Å². The fourth-order valence-electron chi connectivity index (χ4n) is 1.88. The van der Waals surface area contributed by atoms with Crippen molar-refractivity contribution in [1.29, 1.82) is 0 Å². The number of anilines is 1. The van der Waals surface area contributed by atoms with Gasteiger partial charge in [-0.1, -0.05) is 0 Å². The third kappa shape index (κ3) is 4.85. The van der Waals surface area contributed by atoms with Crippen LogP contribution in [0.5, 0.6) is 0 Å². The van der Waals surface area contributed by atoms with E-state index in [1.165, 1.54) is 0 Å². The molecule has 7 heteroatoms. The zero-order valence-corrected chi connectivity index (χ0v) is 12.8. The van der Waals surface area contributed by atoms with E-state index >= 15 is 0 Å². The van der Waals surface area contributed by atoms with Crippen LogP contribution in [0.3, 0.4) is 0 Å². The number of furan rings is 1. The summed E-state index contributed by atoms with van der Waals surface area (Å²) < 4.78 is 10.2. The fourth-order valence-corrected chi connectivity index (χ4v) is 1.88. The summed E-state index contributed by atoms with van der Waals surface area (Å²) >= 11 is 0. The second-order valence-electron chi connectivity index (χ2n) is 4.72. The minimum atomic E-state index is -0.262. The second kappa shape index (κ2) is 8.14. The predicted octanol–water partition coefficient (Wildman–Crippen LogP) is 1.76. The monoisotopic (exact) mass is 304 g/mol. The number of nitrogens with one attached hydrogen (secondary N) is 2. The molecule has 0 aliphatic rings. The van der Waals surface area contributed by atoms with Gasteiger partial charge in [0.15, 0.2) is 0 Å². The third-order valence-corrected chi connectivity index (χ3v) is 2.91. The quantitative estimate of drug-likeness (QED) is 0.722. The van der Waals surface area contributed by atoms with E-state index < -0.39 is 0 Å². The summed E-state index contributed by atoms with van der Waals surface area (Å²) in [5.74, 6) is 1.60. The number of carbonyl (C=O) groups is 1. The van der Waals surface area contributed by atoms with Crippen molar-refractivity contribution >= 4 is 11.7 Å². The molecule has 0 saturated carbocycles. The van der Waals surface area contributed by atoms with Crippen molar-refractivity contribution in [2.75, 3.05) is 25.6 Å². The van der Waals surface area contributed by atoms with Crippen molar-refractivity contribution in [2.45, 2.75) is 19.9 Å². The first-order chi connectivity index (χ1) is 10.7. The van der Waals surface area contributed by atoms with Gasteiger partial charge in [-0.2, -0.15) is 0 Å². The molecular weight excluding hydrogens is 284 g/mol. The average Bonchev–Trinajstić information content (AvgIpc) is 3.02. The Bertz CT molecular complexity index is 599. The summed E-state index contributed by atoms with van der Waals surface area (Å²) in [6.07, 6.45) is 2.43. The highest BCUT2D eigenvalue weighted by atomic mass is 16.5. The molecule has 2 aromatic rings. The molecule has 0 fully saturated rings. The largest absolute Gasteiger partial charge is 0.467 e. The molecule has 0 radical (unpaired) electrons. The smallest absolute Gasteiger partial charge is 0.270 e. The van der Waals surface area contributed by atoms with Crippen LogP contribution in [0, 0.1) is 6.92 Å². The van der Waals surface area contributed by atoms with Crippen LogP contribution in [0.2, 0.25) is 0 Å². The van der Waals surface area contributed by atoms with Crippen molar-refractivity contribution in [3.05, 3.63) is 41.7 Å². The molecule has 0 spiro atoms. The molecule has 0 aliphatic heterocycles. The van der Waals surface area contributed by atoms with Crippen LogP contribution >= 0.6 is 0 Å². The lowest BCUT2D eigenvalue weighted by atomic mass is 10.3. The van der Waals surface area contributed by atoms with E-state index in [0.717, 1.165) is 13.0 Å². The Hall–Kier alpha value is -2.41. The predicted molar refractivity (Wildman–Crippen MR) is 81.6 cm³/mol. The molecule has 0 saturated heterocycles. The Kier molecular flexibility index (Phi) is 5.91. The lowest BCUT2D eigenvalue weighted by Gasteiger charge is -2.08. The maximum atomic E-state index is 12.1. The van der Waals surface area contributed by atoms with E-state index in [-0.39, 0.29) is 5.91 Å². The van der Waals surface area contributed by atoms with Gasteiger partial charge < -0.3 is 19.8 Å². The van der Waals surface area contributed by atoms with Crippen LogP contribution in [0.4, 0.5) is 5.82 Å². The first-order valence-corrected chi connectivity index (χ1v) is 7.08. The molecule has 0 atom stereocenters. The molecule has 0 aromatic carbocycles. The Balaban J connectivity index is 1.94. The molecule has 2 aromatic heterocycles. The van der Waals surface area contributed by atoms with Crippen molar-refractivity contribution in [1.82, 2.24) is 15.3 Å². The number of amides is 1. The van der Waals surface area contributed by atoms with E-state index in [1.807, 2.05) is 0 Å². The van der Waals surface area contributed by atoms with Crippen LogP contribution < -0.4 is 10.6 Å². The summed E-state index contributed by atoms with van der Waals surface area (Å²) in [4.78, 5) is 20.6. The van der Waals surface area contributed by atoms with Gasteiger partial charge >= 0.3 is 0 Å². The van der Waals surface area contributed by atoms with Crippen molar-refractivity contribution < 1.29 is 13.9 Å². The molecular formula is C15H20N4O3. The number of rotatable bonds is 8. The summed E-state index contributed by atoms with van der Waals surface area (Å²) in [6.45, 7) is 3.47. The van der Waals surface area contributed by atoms with E-state index in [2.05, 4.69) is 20.6 Å². The molecule has 22 heavy (non-hydrogen) atoms. The fraction of sp³-hybridized carbons (Fsp3) is 0.400. The zero-order chi connectivity index (χ0) is 15.8. The minimum Gasteiger partial charge on any atom is -0.467 e. The molecule has 2 N–H and O–H groups in total. The Morgan fingerprint density at radius 3 is 3.00 bits per heavy atom. The Morgan fingerprint density at radius 2 is 2.27 bits per heavy atom. The topological polar surface area (TPSA) is 89.3 Å². The average molecular weight is 304 g/mol. The molecule has 0 unspecified atom stereocenters. The second-order valence-corrected chi connectivity index (χ2v) is 4.72. The Labute approximate surface area is 129 Å². The number of aromatic nitrogens is 2. The SMILES string of the molecule is COCCCNc1cc(C(=O)NCc2ccco2)nc(C)n1.